The lowest BCUT2D eigenvalue weighted by Crippen LogP contribution is -2.22. The van der Waals surface area contributed by atoms with Gasteiger partial charge in [0, 0.05) is 10.9 Å². The zero-order valence-corrected chi connectivity index (χ0v) is 10.7. The number of carbonyl (C=O) groups excluding carboxylic acids is 1. The second-order valence-corrected chi connectivity index (χ2v) is 4.81. The highest BCUT2D eigenvalue weighted by Gasteiger charge is 2.26. The van der Waals surface area contributed by atoms with Crippen molar-refractivity contribution in [3.63, 3.8) is 0 Å². The maximum atomic E-state index is 11.4. The van der Waals surface area contributed by atoms with Crippen LogP contribution in [0.15, 0.2) is 29.6 Å². The fourth-order valence-electron chi connectivity index (χ4n) is 1.80. The van der Waals surface area contributed by atoms with Crippen molar-refractivity contribution in [1.29, 1.82) is 5.26 Å². The minimum absolute atomic E-state index is 0.347. The Kier molecular flexibility index (Phi) is 2.89. The maximum absolute atomic E-state index is 11.4. The molecule has 1 aliphatic heterocycles. The molecule has 3 rings (SSSR count). The predicted octanol–water partition coefficient (Wildman–Crippen LogP) is 2.64. The van der Waals surface area contributed by atoms with Crippen LogP contribution >= 0.6 is 11.3 Å². The van der Waals surface area contributed by atoms with Crippen LogP contribution in [0.1, 0.15) is 5.56 Å². The number of rotatable bonds is 2. The normalized spacial score (nSPS) is 14.3. The Balaban J connectivity index is 1.88. The van der Waals surface area contributed by atoms with Gasteiger partial charge in [0.15, 0.2) is 5.13 Å². The molecule has 2 heterocycles. The molecular weight excluding hydrogens is 262 g/mol. The van der Waals surface area contributed by atoms with Crippen molar-refractivity contribution >= 4 is 22.6 Å². The van der Waals surface area contributed by atoms with E-state index in [1.165, 1.54) is 16.2 Å². The number of carbonyl (C=O) groups is 1. The summed E-state index contributed by atoms with van der Waals surface area (Å²) in [4.78, 5) is 17.4. The predicted molar refractivity (Wildman–Crippen MR) is 71.0 cm³/mol. The average Bonchev–Trinajstić information content (AvgIpc) is 3.07. The third kappa shape index (κ3) is 2.16. The third-order valence-corrected chi connectivity index (χ3v) is 3.66. The number of ether oxygens (including phenoxy) is 1. The summed E-state index contributed by atoms with van der Waals surface area (Å²) in [5.41, 5.74) is 2.33. The van der Waals surface area contributed by atoms with Gasteiger partial charge in [0.05, 0.1) is 23.9 Å². The Morgan fingerprint density at radius 3 is 2.79 bits per heavy atom. The highest BCUT2D eigenvalue weighted by molar-refractivity contribution is 7.14. The van der Waals surface area contributed by atoms with Crippen LogP contribution in [-0.2, 0) is 4.74 Å². The summed E-state index contributed by atoms with van der Waals surface area (Å²) in [7, 11) is 0. The number of thiazole rings is 1. The summed E-state index contributed by atoms with van der Waals surface area (Å²) in [6.07, 6.45) is -0.347. The molecule has 1 aliphatic rings. The molecule has 0 atom stereocenters. The highest BCUT2D eigenvalue weighted by Crippen LogP contribution is 2.29. The first-order chi connectivity index (χ1) is 9.28. The summed E-state index contributed by atoms with van der Waals surface area (Å²) in [5.74, 6) is 0. The van der Waals surface area contributed by atoms with E-state index in [1.807, 2.05) is 17.5 Å². The number of amides is 1. The molecule has 19 heavy (non-hydrogen) atoms. The van der Waals surface area contributed by atoms with E-state index in [2.05, 4.69) is 11.1 Å². The Morgan fingerprint density at radius 1 is 1.37 bits per heavy atom. The van der Waals surface area contributed by atoms with Crippen LogP contribution in [0.5, 0.6) is 0 Å². The molecule has 1 saturated heterocycles. The molecule has 1 fully saturated rings. The molecule has 6 heteroatoms. The molecule has 2 aromatic rings. The largest absolute Gasteiger partial charge is 0.447 e. The summed E-state index contributed by atoms with van der Waals surface area (Å²) < 4.78 is 4.88. The monoisotopic (exact) mass is 271 g/mol. The molecule has 94 valence electrons. The molecule has 0 spiro atoms. The van der Waals surface area contributed by atoms with E-state index in [1.54, 1.807) is 12.1 Å². The molecule has 5 nitrogen and oxygen atoms in total. The quantitative estimate of drug-likeness (QED) is 0.842. The Morgan fingerprint density at radius 2 is 2.16 bits per heavy atom. The van der Waals surface area contributed by atoms with Crippen LogP contribution in [-0.4, -0.2) is 24.2 Å². The van der Waals surface area contributed by atoms with Crippen molar-refractivity contribution in [2.75, 3.05) is 18.1 Å². The van der Waals surface area contributed by atoms with Gasteiger partial charge in [-0.2, -0.15) is 5.26 Å². The Labute approximate surface area is 113 Å². The van der Waals surface area contributed by atoms with Crippen LogP contribution < -0.4 is 4.90 Å². The molecular formula is C13H9N3O2S. The molecule has 0 aliphatic carbocycles. The number of nitrogens with zero attached hydrogens (tertiary/aromatic N) is 3. The number of benzene rings is 1. The zero-order chi connectivity index (χ0) is 13.2. The zero-order valence-electron chi connectivity index (χ0n) is 9.87. The van der Waals surface area contributed by atoms with Crippen LogP contribution in [0.4, 0.5) is 9.93 Å². The van der Waals surface area contributed by atoms with E-state index in [0.29, 0.717) is 23.8 Å². The molecule has 1 aromatic heterocycles. The van der Waals surface area contributed by atoms with E-state index in [0.717, 1.165) is 11.3 Å². The molecule has 0 unspecified atom stereocenters. The fraction of sp³-hybridized carbons (Fsp3) is 0.154. The lowest BCUT2D eigenvalue weighted by atomic mass is 10.1. The van der Waals surface area contributed by atoms with Gasteiger partial charge in [-0.3, -0.25) is 0 Å². The topological polar surface area (TPSA) is 66.2 Å². The summed E-state index contributed by atoms with van der Waals surface area (Å²) in [5, 5.41) is 11.3. The number of hydrogen-bond acceptors (Lipinski definition) is 5. The number of hydrogen-bond donors (Lipinski definition) is 0. The number of cyclic esters (lactones) is 1. The minimum atomic E-state index is -0.347. The number of anilines is 1. The van der Waals surface area contributed by atoms with Gasteiger partial charge in [0.1, 0.15) is 6.61 Å². The number of aromatic nitrogens is 1. The van der Waals surface area contributed by atoms with E-state index in [9.17, 15) is 4.79 Å². The molecule has 0 saturated carbocycles. The van der Waals surface area contributed by atoms with Crippen LogP contribution in [0.2, 0.25) is 0 Å². The smallest absolute Gasteiger partial charge is 0.416 e. The van der Waals surface area contributed by atoms with Gasteiger partial charge in [0.2, 0.25) is 0 Å². The van der Waals surface area contributed by atoms with Crippen molar-refractivity contribution in [1.82, 2.24) is 4.98 Å². The van der Waals surface area contributed by atoms with Gasteiger partial charge in [-0.05, 0) is 12.1 Å². The molecule has 1 amide bonds. The van der Waals surface area contributed by atoms with Gasteiger partial charge in [-0.15, -0.1) is 11.3 Å². The van der Waals surface area contributed by atoms with Crippen molar-refractivity contribution in [3.8, 4) is 17.3 Å². The second kappa shape index (κ2) is 4.71. The van der Waals surface area contributed by atoms with Crippen LogP contribution in [0.3, 0.4) is 0 Å². The van der Waals surface area contributed by atoms with Gasteiger partial charge in [0.25, 0.3) is 0 Å². The van der Waals surface area contributed by atoms with Gasteiger partial charge >= 0.3 is 6.09 Å². The van der Waals surface area contributed by atoms with E-state index >= 15 is 0 Å². The SMILES string of the molecule is N#Cc1ccc(-c2csc(N3CCOC3=O)n2)cc1. The molecule has 0 N–H and O–H groups in total. The standard InChI is InChI=1S/C13H9N3O2S/c14-7-9-1-3-10(4-2-9)11-8-19-12(15-11)16-5-6-18-13(16)17/h1-4,8H,5-6H2. The fourth-order valence-corrected chi connectivity index (χ4v) is 2.65. The van der Waals surface area contributed by atoms with E-state index in [-0.39, 0.29) is 6.09 Å². The lowest BCUT2D eigenvalue weighted by molar-refractivity contribution is 0.181. The summed E-state index contributed by atoms with van der Waals surface area (Å²) in [6.45, 7) is 0.948. The highest BCUT2D eigenvalue weighted by atomic mass is 32.1. The first-order valence-corrected chi connectivity index (χ1v) is 6.56. The van der Waals surface area contributed by atoms with Gasteiger partial charge < -0.3 is 4.74 Å². The Bertz CT molecular complexity index is 657. The van der Waals surface area contributed by atoms with Crippen molar-refractivity contribution in [2.24, 2.45) is 0 Å². The Hall–Kier alpha value is -2.39. The van der Waals surface area contributed by atoms with Gasteiger partial charge in [-0.1, -0.05) is 12.1 Å². The van der Waals surface area contributed by atoms with Crippen molar-refractivity contribution < 1.29 is 9.53 Å². The minimum Gasteiger partial charge on any atom is -0.447 e. The van der Waals surface area contributed by atoms with Crippen LogP contribution in [0, 0.1) is 11.3 Å². The molecule has 0 bridgehead atoms. The first kappa shape index (κ1) is 11.7. The molecule has 1 aromatic carbocycles. The van der Waals surface area contributed by atoms with E-state index in [4.69, 9.17) is 10.00 Å². The molecule has 0 radical (unpaired) electrons. The van der Waals surface area contributed by atoms with Crippen LogP contribution in [0.25, 0.3) is 11.3 Å². The average molecular weight is 271 g/mol. The third-order valence-electron chi connectivity index (χ3n) is 2.79. The van der Waals surface area contributed by atoms with E-state index < -0.39 is 0 Å². The number of nitriles is 1. The lowest BCUT2D eigenvalue weighted by Gasteiger charge is -2.06. The summed E-state index contributed by atoms with van der Waals surface area (Å²) in [6, 6.07) is 9.26. The van der Waals surface area contributed by atoms with Gasteiger partial charge in [-0.25, -0.2) is 14.7 Å². The second-order valence-electron chi connectivity index (χ2n) is 3.97. The van der Waals surface area contributed by atoms with Crippen molar-refractivity contribution in [2.45, 2.75) is 0 Å². The first-order valence-electron chi connectivity index (χ1n) is 5.68. The maximum Gasteiger partial charge on any atom is 0.416 e. The van der Waals surface area contributed by atoms with Crippen molar-refractivity contribution in [3.05, 3.63) is 35.2 Å². The summed E-state index contributed by atoms with van der Waals surface area (Å²) >= 11 is 1.40.